The fourth-order valence-electron chi connectivity index (χ4n) is 3.32. The number of nitrogens with zero attached hydrogens (tertiary/aromatic N) is 4. The lowest BCUT2D eigenvalue weighted by Crippen LogP contribution is -2.16. The van der Waals surface area contributed by atoms with E-state index in [4.69, 9.17) is 0 Å². The van der Waals surface area contributed by atoms with Crippen molar-refractivity contribution in [2.24, 2.45) is 0 Å². The van der Waals surface area contributed by atoms with Crippen LogP contribution in [0.15, 0.2) is 47.6 Å². The minimum atomic E-state index is -0.931. The van der Waals surface area contributed by atoms with Crippen molar-refractivity contribution < 1.29 is 18.7 Å². The van der Waals surface area contributed by atoms with Gasteiger partial charge in [0.2, 0.25) is 5.16 Å². The molecule has 0 aliphatic rings. The number of aliphatic carboxylic acids is 1. The smallest absolute Gasteiger partial charge is 0.317 e. The van der Waals surface area contributed by atoms with Gasteiger partial charge in [-0.1, -0.05) is 37.2 Å². The summed E-state index contributed by atoms with van der Waals surface area (Å²) in [4.78, 5) is 16.0. The minimum absolute atomic E-state index is 0.243. The van der Waals surface area contributed by atoms with Crippen LogP contribution >= 0.6 is 11.8 Å². The van der Waals surface area contributed by atoms with Crippen LogP contribution in [-0.2, 0) is 11.3 Å². The summed E-state index contributed by atoms with van der Waals surface area (Å²) < 4.78 is 29.0. The van der Waals surface area contributed by atoms with Gasteiger partial charge < -0.3 is 9.67 Å². The number of thioether (sulfide) groups is 1. The summed E-state index contributed by atoms with van der Waals surface area (Å²) in [5.41, 5.74) is 2.45. The van der Waals surface area contributed by atoms with Gasteiger partial charge in [-0.25, -0.2) is 13.8 Å². The first-order valence-corrected chi connectivity index (χ1v) is 10.3. The van der Waals surface area contributed by atoms with E-state index in [0.717, 1.165) is 17.3 Å². The molecular weight excluding hydrogens is 410 g/mol. The molecule has 0 aliphatic carbocycles. The van der Waals surface area contributed by atoms with Crippen LogP contribution in [-0.4, -0.2) is 36.1 Å². The van der Waals surface area contributed by atoms with Gasteiger partial charge in [0.25, 0.3) is 0 Å². The van der Waals surface area contributed by atoms with E-state index in [0.29, 0.717) is 41.5 Å². The van der Waals surface area contributed by atoms with Crippen LogP contribution in [0.4, 0.5) is 8.78 Å². The van der Waals surface area contributed by atoms with Crippen molar-refractivity contribution in [3.63, 3.8) is 0 Å². The van der Waals surface area contributed by atoms with E-state index in [1.165, 1.54) is 24.3 Å². The summed E-state index contributed by atoms with van der Waals surface area (Å²) in [6, 6.07) is 10.5. The molecule has 1 unspecified atom stereocenters. The Bertz CT molecular complexity index is 1230. The number of carbonyl (C=O) groups is 1. The summed E-state index contributed by atoms with van der Waals surface area (Å²) in [6.45, 7) is 2.28. The maximum atomic E-state index is 13.9. The van der Waals surface area contributed by atoms with E-state index in [1.54, 1.807) is 18.2 Å². The lowest BCUT2D eigenvalue weighted by molar-refractivity contribution is -0.136. The van der Waals surface area contributed by atoms with Crippen LogP contribution in [0, 0.1) is 11.6 Å². The Morgan fingerprint density at radius 2 is 1.87 bits per heavy atom. The molecule has 0 saturated carbocycles. The summed E-state index contributed by atoms with van der Waals surface area (Å²) in [6.07, 6.45) is 1.19. The molecule has 1 N–H and O–H groups in total. The van der Waals surface area contributed by atoms with Gasteiger partial charge >= 0.3 is 5.97 Å². The fraction of sp³-hybridized carbons (Fsp3) is 0.238. The van der Waals surface area contributed by atoms with Crippen LogP contribution in [0.1, 0.15) is 25.3 Å². The highest BCUT2D eigenvalue weighted by Gasteiger charge is 2.22. The van der Waals surface area contributed by atoms with E-state index in [1.807, 2.05) is 11.5 Å². The Labute approximate surface area is 174 Å². The van der Waals surface area contributed by atoms with E-state index < -0.39 is 17.0 Å². The number of hydrogen-bond donors (Lipinski definition) is 1. The molecule has 0 radical (unpaired) electrons. The van der Waals surface area contributed by atoms with Crippen molar-refractivity contribution in [3.05, 3.63) is 59.7 Å². The highest BCUT2D eigenvalue weighted by molar-refractivity contribution is 8.00. The summed E-state index contributed by atoms with van der Waals surface area (Å²) in [5, 5.41) is 17.8. The summed E-state index contributed by atoms with van der Waals surface area (Å²) >= 11 is 1.04. The van der Waals surface area contributed by atoms with E-state index in [-0.39, 0.29) is 11.0 Å². The second kappa shape index (κ2) is 8.35. The molecule has 30 heavy (non-hydrogen) atoms. The van der Waals surface area contributed by atoms with Crippen LogP contribution in [0.5, 0.6) is 0 Å². The molecule has 2 aromatic heterocycles. The summed E-state index contributed by atoms with van der Waals surface area (Å²) in [7, 11) is 0. The predicted molar refractivity (Wildman–Crippen MR) is 110 cm³/mol. The molecule has 0 fully saturated rings. The van der Waals surface area contributed by atoms with Gasteiger partial charge in [-0.3, -0.25) is 4.79 Å². The van der Waals surface area contributed by atoms with Crippen molar-refractivity contribution in [2.75, 3.05) is 0 Å². The largest absolute Gasteiger partial charge is 0.480 e. The van der Waals surface area contributed by atoms with Crippen LogP contribution in [0.25, 0.3) is 22.1 Å². The molecule has 1 atom stereocenters. The molecule has 154 valence electrons. The van der Waals surface area contributed by atoms with Gasteiger partial charge in [0, 0.05) is 11.9 Å². The van der Waals surface area contributed by atoms with Crippen molar-refractivity contribution in [1.82, 2.24) is 19.7 Å². The van der Waals surface area contributed by atoms with Crippen molar-refractivity contribution in [1.29, 1.82) is 0 Å². The molecule has 4 aromatic rings. The Hall–Kier alpha value is -3.07. The zero-order chi connectivity index (χ0) is 21.3. The number of fused-ring (bicyclic) bond motifs is 3. The van der Waals surface area contributed by atoms with E-state index >= 15 is 0 Å². The highest BCUT2D eigenvalue weighted by Crippen LogP contribution is 2.30. The van der Waals surface area contributed by atoms with Gasteiger partial charge in [-0.2, -0.15) is 0 Å². The van der Waals surface area contributed by atoms with Crippen molar-refractivity contribution in [2.45, 2.75) is 36.7 Å². The maximum absolute atomic E-state index is 13.9. The predicted octanol–water partition coefficient (Wildman–Crippen LogP) is 4.65. The third kappa shape index (κ3) is 3.97. The monoisotopic (exact) mass is 428 g/mol. The number of halogens is 2. The molecule has 0 spiro atoms. The van der Waals surface area contributed by atoms with Crippen LogP contribution in [0.2, 0.25) is 0 Å². The third-order valence-electron chi connectivity index (χ3n) is 4.74. The first-order valence-electron chi connectivity index (χ1n) is 9.42. The molecule has 0 saturated heterocycles. The van der Waals surface area contributed by atoms with Crippen molar-refractivity contribution in [3.8, 4) is 0 Å². The Kier molecular flexibility index (Phi) is 5.63. The van der Waals surface area contributed by atoms with Gasteiger partial charge in [-0.15, -0.1) is 10.2 Å². The second-order valence-electron chi connectivity index (χ2n) is 6.87. The second-order valence-corrected chi connectivity index (χ2v) is 8.04. The molecule has 9 heteroatoms. The molecule has 2 aromatic carbocycles. The maximum Gasteiger partial charge on any atom is 0.317 e. The molecule has 4 rings (SSSR count). The average molecular weight is 428 g/mol. The minimum Gasteiger partial charge on any atom is -0.480 e. The van der Waals surface area contributed by atoms with Crippen molar-refractivity contribution >= 4 is 39.8 Å². The number of rotatable bonds is 7. The molecule has 6 nitrogen and oxygen atoms in total. The number of carboxylic acids is 1. The SMILES string of the molecule is CCCC(Sc1nnc2c3cc(F)ccc3n(Cc3ccc(F)cc3)c2n1)C(=O)O. The standard InChI is InChI=1S/C21H18F2N4O2S/c1-2-3-17(20(28)29)30-21-24-19-18(25-26-21)15-10-14(23)8-9-16(15)27(19)11-12-4-6-13(22)7-5-12/h4-10,17H,2-3,11H2,1H3,(H,28,29). The van der Waals surface area contributed by atoms with Gasteiger partial charge in [-0.05, 0) is 42.3 Å². The molecule has 0 amide bonds. The Morgan fingerprint density at radius 3 is 2.57 bits per heavy atom. The van der Waals surface area contributed by atoms with E-state index in [2.05, 4.69) is 15.2 Å². The molecule has 0 aliphatic heterocycles. The first-order chi connectivity index (χ1) is 14.5. The number of aromatic nitrogens is 4. The van der Waals surface area contributed by atoms with Gasteiger partial charge in [0.1, 0.15) is 22.4 Å². The first kappa shape index (κ1) is 20.2. The van der Waals surface area contributed by atoms with Crippen LogP contribution < -0.4 is 0 Å². The Morgan fingerprint density at radius 1 is 1.13 bits per heavy atom. The number of benzene rings is 2. The lowest BCUT2D eigenvalue weighted by Gasteiger charge is -2.10. The van der Waals surface area contributed by atoms with Gasteiger partial charge in [0.15, 0.2) is 5.65 Å². The highest BCUT2D eigenvalue weighted by atomic mass is 32.2. The number of hydrogen-bond acceptors (Lipinski definition) is 5. The molecule has 2 heterocycles. The quantitative estimate of drug-likeness (QED) is 0.432. The molecule has 0 bridgehead atoms. The van der Waals surface area contributed by atoms with Gasteiger partial charge in [0.05, 0.1) is 5.52 Å². The van der Waals surface area contributed by atoms with Crippen LogP contribution in [0.3, 0.4) is 0 Å². The fourth-order valence-corrected chi connectivity index (χ4v) is 4.25. The third-order valence-corrected chi connectivity index (χ3v) is 5.84. The Balaban J connectivity index is 1.83. The van der Waals surface area contributed by atoms with E-state index in [9.17, 15) is 18.7 Å². The zero-order valence-electron chi connectivity index (χ0n) is 16.0. The summed E-state index contributed by atoms with van der Waals surface area (Å²) in [5.74, 6) is -1.67. The zero-order valence-corrected chi connectivity index (χ0v) is 16.9. The topological polar surface area (TPSA) is 80.9 Å². The number of carboxylic acid groups (broad SMARTS) is 1. The average Bonchev–Trinajstić information content (AvgIpc) is 3.01. The molecular formula is C21H18F2N4O2S. The normalized spacial score (nSPS) is 12.5. The lowest BCUT2D eigenvalue weighted by atomic mass is 10.2.